The first-order valence-corrected chi connectivity index (χ1v) is 9.04. The van der Waals surface area contributed by atoms with Crippen LogP contribution >= 0.6 is 0 Å². The molecule has 6 heteroatoms. The highest BCUT2D eigenvalue weighted by Crippen LogP contribution is 2.10. The Bertz CT molecular complexity index is 958. The molecule has 0 fully saturated rings. The summed E-state index contributed by atoms with van der Waals surface area (Å²) in [5.74, 6) is 0. The van der Waals surface area contributed by atoms with E-state index in [-0.39, 0.29) is 11.2 Å². The molecule has 1 aromatic heterocycles. The minimum atomic E-state index is -0.656. The van der Waals surface area contributed by atoms with Crippen LogP contribution in [0.15, 0.2) is 53.3 Å². The second kappa shape index (κ2) is 9.05. The number of aromatic nitrogens is 1. The molecule has 6 nitrogen and oxygen atoms in total. The number of hydrogen-bond donors (Lipinski definition) is 1. The fourth-order valence-corrected chi connectivity index (χ4v) is 2.52. The summed E-state index contributed by atoms with van der Waals surface area (Å²) < 4.78 is 6.78. The third-order valence-electron chi connectivity index (χ3n) is 3.92. The highest BCUT2D eigenvalue weighted by Gasteiger charge is 2.17. The van der Waals surface area contributed by atoms with Gasteiger partial charge in [0.1, 0.15) is 11.3 Å². The largest absolute Gasteiger partial charge is 0.444 e. The number of nitrogens with one attached hydrogen (secondary N) is 1. The lowest BCUT2D eigenvalue weighted by Gasteiger charge is -2.19. The first kappa shape index (κ1) is 21.0. The second-order valence-electron chi connectivity index (χ2n) is 7.42. The van der Waals surface area contributed by atoms with Gasteiger partial charge in [0.05, 0.1) is 11.6 Å². The van der Waals surface area contributed by atoms with Crippen molar-refractivity contribution in [2.24, 2.45) is 0 Å². The van der Waals surface area contributed by atoms with Crippen LogP contribution in [-0.4, -0.2) is 16.3 Å². The van der Waals surface area contributed by atoms with E-state index >= 15 is 0 Å². The van der Waals surface area contributed by atoms with Crippen LogP contribution in [0.2, 0.25) is 0 Å². The topological polar surface area (TPSA) is 84.1 Å². The van der Waals surface area contributed by atoms with Crippen LogP contribution in [0.5, 0.6) is 0 Å². The van der Waals surface area contributed by atoms with Crippen LogP contribution in [0, 0.1) is 18.3 Å². The summed E-state index contributed by atoms with van der Waals surface area (Å²) in [7, 11) is 0. The zero-order chi connectivity index (χ0) is 20.7. The van der Waals surface area contributed by atoms with Gasteiger partial charge in [-0.15, -0.1) is 0 Å². The molecule has 0 atom stereocenters. The summed E-state index contributed by atoms with van der Waals surface area (Å²) in [5.41, 5.74) is 1.77. The van der Waals surface area contributed by atoms with Crippen molar-refractivity contribution in [1.82, 2.24) is 4.57 Å². The number of nitrogens with zero attached hydrogens (tertiary/aromatic N) is 2. The van der Waals surface area contributed by atoms with E-state index in [9.17, 15) is 9.59 Å². The number of carbonyl (C=O) groups is 1. The maximum absolute atomic E-state index is 12.7. The van der Waals surface area contributed by atoms with E-state index in [2.05, 4.69) is 11.4 Å². The predicted octanol–water partition coefficient (Wildman–Crippen LogP) is 4.17. The Kier molecular flexibility index (Phi) is 6.78. The second-order valence-corrected chi connectivity index (χ2v) is 7.42. The lowest BCUT2D eigenvalue weighted by molar-refractivity contribution is 0.0635. The molecule has 0 aliphatic heterocycles. The number of carbonyl (C=O) groups excluding carboxylic acids is 1. The van der Waals surface area contributed by atoms with Crippen molar-refractivity contribution < 1.29 is 9.53 Å². The first-order valence-electron chi connectivity index (χ1n) is 9.04. The normalized spacial score (nSPS) is 11.2. The van der Waals surface area contributed by atoms with Gasteiger partial charge >= 0.3 is 6.09 Å². The molecular weight excluding hydrogens is 354 g/mol. The molecule has 0 saturated heterocycles. The van der Waals surface area contributed by atoms with Crippen molar-refractivity contribution in [3.8, 4) is 6.07 Å². The Morgan fingerprint density at radius 2 is 1.86 bits per heavy atom. The third kappa shape index (κ3) is 6.13. The van der Waals surface area contributed by atoms with E-state index in [1.165, 1.54) is 0 Å². The molecule has 1 aromatic carbocycles. The molecule has 1 heterocycles. The highest BCUT2D eigenvalue weighted by molar-refractivity contribution is 5.84. The number of nitriles is 1. The van der Waals surface area contributed by atoms with Crippen molar-refractivity contribution in [2.45, 2.75) is 46.3 Å². The smallest absolute Gasteiger partial charge is 0.412 e. The fourth-order valence-electron chi connectivity index (χ4n) is 2.52. The Morgan fingerprint density at radius 3 is 2.46 bits per heavy atom. The molecule has 2 rings (SSSR count). The lowest BCUT2D eigenvalue weighted by atomic mass is 10.1. The first-order chi connectivity index (χ1) is 13.2. The standard InChI is InChI=1S/C22H25N3O3/c1-16-8-13-19(24-21(27)28-22(2,3)4)20(26)25(16)14-6-5-7-17-9-11-18(15-23)12-10-17/h5-6,8-13H,7,14H2,1-4H3,(H,24,27)/b6-5+. The van der Waals surface area contributed by atoms with E-state index < -0.39 is 11.7 Å². The van der Waals surface area contributed by atoms with Gasteiger partial charge in [0.15, 0.2) is 0 Å². The van der Waals surface area contributed by atoms with Gasteiger partial charge in [-0.25, -0.2) is 4.79 Å². The van der Waals surface area contributed by atoms with Crippen LogP contribution in [0.1, 0.15) is 37.6 Å². The number of rotatable bonds is 5. The molecule has 2 aromatic rings. The molecule has 1 N–H and O–H groups in total. The summed E-state index contributed by atoms with van der Waals surface area (Å²) in [6.07, 6.45) is 3.93. The Labute approximate surface area is 165 Å². The van der Waals surface area contributed by atoms with E-state index in [4.69, 9.17) is 10.00 Å². The van der Waals surface area contributed by atoms with Gasteiger partial charge in [-0.2, -0.15) is 5.26 Å². The van der Waals surface area contributed by atoms with Gasteiger partial charge in [-0.05, 0) is 63.9 Å². The molecule has 0 aliphatic rings. The molecule has 0 radical (unpaired) electrons. The van der Waals surface area contributed by atoms with Crippen molar-refractivity contribution >= 4 is 11.8 Å². The average molecular weight is 379 g/mol. The zero-order valence-electron chi connectivity index (χ0n) is 16.7. The summed E-state index contributed by atoms with van der Waals surface area (Å²) >= 11 is 0. The number of pyridine rings is 1. The van der Waals surface area contributed by atoms with Gasteiger partial charge in [0.2, 0.25) is 0 Å². The van der Waals surface area contributed by atoms with E-state index in [0.717, 1.165) is 11.3 Å². The summed E-state index contributed by atoms with van der Waals surface area (Å²) in [6, 6.07) is 12.8. The van der Waals surface area contributed by atoms with Crippen LogP contribution in [0.25, 0.3) is 0 Å². The number of ether oxygens (including phenoxy) is 1. The average Bonchev–Trinajstić information content (AvgIpc) is 2.62. The van der Waals surface area contributed by atoms with Gasteiger partial charge < -0.3 is 9.30 Å². The van der Waals surface area contributed by atoms with E-state index in [1.807, 2.05) is 31.2 Å². The minimum absolute atomic E-state index is 0.181. The summed E-state index contributed by atoms with van der Waals surface area (Å²) in [5, 5.41) is 11.3. The van der Waals surface area contributed by atoms with Gasteiger partial charge in [0.25, 0.3) is 5.56 Å². The number of allylic oxidation sites excluding steroid dienone is 2. The number of aryl methyl sites for hydroxylation is 1. The number of amides is 1. The Morgan fingerprint density at radius 1 is 1.18 bits per heavy atom. The van der Waals surface area contributed by atoms with Crippen molar-refractivity contribution in [3.63, 3.8) is 0 Å². The molecule has 0 unspecified atom stereocenters. The van der Waals surface area contributed by atoms with Gasteiger partial charge in [-0.3, -0.25) is 10.1 Å². The van der Waals surface area contributed by atoms with Gasteiger partial charge in [-0.1, -0.05) is 24.3 Å². The van der Waals surface area contributed by atoms with Crippen molar-refractivity contribution in [2.75, 3.05) is 5.32 Å². The van der Waals surface area contributed by atoms with Crippen LogP contribution in [0.3, 0.4) is 0 Å². The molecule has 28 heavy (non-hydrogen) atoms. The number of hydrogen-bond acceptors (Lipinski definition) is 4. The number of benzene rings is 1. The van der Waals surface area contributed by atoms with E-state index in [0.29, 0.717) is 18.5 Å². The molecule has 0 aliphatic carbocycles. The van der Waals surface area contributed by atoms with Crippen molar-refractivity contribution in [3.05, 3.63) is 75.7 Å². The maximum atomic E-state index is 12.7. The number of anilines is 1. The fraction of sp³-hybridized carbons (Fsp3) is 0.318. The SMILES string of the molecule is Cc1ccc(NC(=O)OC(C)(C)C)c(=O)n1C/C=C/Cc1ccc(C#N)cc1. The minimum Gasteiger partial charge on any atom is -0.444 e. The molecular formula is C22H25N3O3. The summed E-state index contributed by atoms with van der Waals surface area (Å²) in [6.45, 7) is 7.52. The van der Waals surface area contributed by atoms with Crippen LogP contribution in [-0.2, 0) is 17.7 Å². The Hall–Kier alpha value is -3.33. The molecule has 1 amide bonds. The predicted molar refractivity (Wildman–Crippen MR) is 109 cm³/mol. The monoisotopic (exact) mass is 379 g/mol. The summed E-state index contributed by atoms with van der Waals surface area (Å²) in [4.78, 5) is 24.6. The maximum Gasteiger partial charge on any atom is 0.412 e. The van der Waals surface area contributed by atoms with Crippen LogP contribution in [0.4, 0.5) is 10.5 Å². The van der Waals surface area contributed by atoms with Crippen molar-refractivity contribution in [1.29, 1.82) is 5.26 Å². The van der Waals surface area contributed by atoms with E-state index in [1.54, 1.807) is 49.6 Å². The molecule has 0 bridgehead atoms. The third-order valence-corrected chi connectivity index (χ3v) is 3.92. The molecule has 146 valence electrons. The van der Waals surface area contributed by atoms with Gasteiger partial charge in [0, 0.05) is 12.2 Å². The quantitative estimate of drug-likeness (QED) is 0.790. The molecule has 0 spiro atoms. The molecule has 0 saturated carbocycles. The lowest BCUT2D eigenvalue weighted by Crippen LogP contribution is -2.31. The highest BCUT2D eigenvalue weighted by atomic mass is 16.6. The zero-order valence-corrected chi connectivity index (χ0v) is 16.7. The Balaban J connectivity index is 2.05. The van der Waals surface area contributed by atoms with Crippen LogP contribution < -0.4 is 10.9 Å².